The third-order valence-electron chi connectivity index (χ3n) is 3.76. The van der Waals surface area contributed by atoms with Gasteiger partial charge in [-0.1, -0.05) is 18.2 Å². The van der Waals surface area contributed by atoms with Crippen LogP contribution >= 0.6 is 0 Å². The second-order valence-electron chi connectivity index (χ2n) is 6.10. The first-order valence-corrected chi connectivity index (χ1v) is 8.45. The van der Waals surface area contributed by atoms with Crippen molar-refractivity contribution in [3.63, 3.8) is 0 Å². The number of hydrogen-bond donors (Lipinski definition) is 0. The number of fused-ring (bicyclic) bond motifs is 1. The van der Waals surface area contributed by atoms with E-state index in [1.807, 2.05) is 79.7 Å². The summed E-state index contributed by atoms with van der Waals surface area (Å²) in [5, 5.41) is 4.44. The van der Waals surface area contributed by atoms with E-state index < -0.39 is 0 Å². The van der Waals surface area contributed by atoms with Crippen molar-refractivity contribution in [2.24, 2.45) is 4.99 Å². The van der Waals surface area contributed by atoms with Crippen LogP contribution in [0.5, 0.6) is 11.5 Å². The van der Waals surface area contributed by atoms with Gasteiger partial charge in [0.25, 0.3) is 11.7 Å². The summed E-state index contributed by atoms with van der Waals surface area (Å²) in [5.41, 5.74) is 1.86. The molecule has 0 atom stereocenters. The Bertz CT molecular complexity index is 1070. The maximum absolute atomic E-state index is 5.84. The van der Waals surface area contributed by atoms with Crippen molar-refractivity contribution in [1.82, 2.24) is 24.5 Å². The predicted octanol–water partition coefficient (Wildman–Crippen LogP) is 3.81. The molecule has 0 saturated heterocycles. The van der Waals surface area contributed by atoms with Gasteiger partial charge in [0.1, 0.15) is 11.5 Å². The number of para-hydroxylation sites is 1. The van der Waals surface area contributed by atoms with Crippen LogP contribution in [0.2, 0.25) is 0 Å². The Morgan fingerprint density at radius 2 is 1.70 bits per heavy atom. The molecule has 0 aliphatic heterocycles. The van der Waals surface area contributed by atoms with Crippen LogP contribution in [-0.4, -0.2) is 44.9 Å². The molecule has 0 saturated carbocycles. The third kappa shape index (κ3) is 3.77. The smallest absolute Gasteiger partial charge is 0.272 e. The summed E-state index contributed by atoms with van der Waals surface area (Å²) in [6.07, 6.45) is 3.37. The molecule has 7 nitrogen and oxygen atoms in total. The zero-order valence-electron chi connectivity index (χ0n) is 15.0. The molecule has 0 N–H and O–H groups in total. The van der Waals surface area contributed by atoms with Crippen LogP contribution in [0.4, 0.5) is 5.95 Å². The standard InChI is InChI=1S/C20H18N6O/c1-25(2)14-22-19-23-20-21-13-12-18(26(20)24-19)15-8-10-17(11-9-15)27-16-6-4-3-5-7-16/h3-14H,1-2H3. The molecule has 0 spiro atoms. The third-order valence-corrected chi connectivity index (χ3v) is 3.76. The fourth-order valence-corrected chi connectivity index (χ4v) is 2.54. The van der Waals surface area contributed by atoms with E-state index in [4.69, 9.17) is 4.74 Å². The number of aliphatic imine (C=N–C) groups is 1. The van der Waals surface area contributed by atoms with Gasteiger partial charge in [0.05, 0.1) is 12.0 Å². The van der Waals surface area contributed by atoms with Crippen molar-refractivity contribution in [2.75, 3.05) is 14.1 Å². The SMILES string of the molecule is CN(C)C=Nc1nc2nccc(-c3ccc(Oc4ccccc4)cc3)n2n1. The molecule has 0 aliphatic carbocycles. The molecule has 2 aromatic carbocycles. The minimum absolute atomic E-state index is 0.368. The number of benzene rings is 2. The normalized spacial score (nSPS) is 11.2. The van der Waals surface area contributed by atoms with Crippen LogP contribution in [0.25, 0.3) is 17.0 Å². The molecular formula is C20H18N6O. The summed E-state index contributed by atoms with van der Waals surface area (Å²) in [7, 11) is 3.78. The summed E-state index contributed by atoms with van der Waals surface area (Å²) in [4.78, 5) is 14.7. The molecule has 0 fully saturated rings. The second-order valence-corrected chi connectivity index (χ2v) is 6.10. The van der Waals surface area contributed by atoms with E-state index in [1.54, 1.807) is 17.1 Å². The van der Waals surface area contributed by atoms with Gasteiger partial charge in [-0.3, -0.25) is 0 Å². The summed E-state index contributed by atoms with van der Waals surface area (Å²) in [6, 6.07) is 19.4. The summed E-state index contributed by atoms with van der Waals surface area (Å²) >= 11 is 0. The van der Waals surface area contributed by atoms with Crippen LogP contribution in [0.15, 0.2) is 71.9 Å². The highest BCUT2D eigenvalue weighted by molar-refractivity contribution is 5.63. The van der Waals surface area contributed by atoms with Crippen molar-refractivity contribution in [2.45, 2.75) is 0 Å². The maximum Gasteiger partial charge on any atom is 0.272 e. The fraction of sp³-hybridized carbons (Fsp3) is 0.100. The highest BCUT2D eigenvalue weighted by atomic mass is 16.5. The molecule has 0 aliphatic rings. The van der Waals surface area contributed by atoms with Crippen molar-refractivity contribution < 1.29 is 4.74 Å². The van der Waals surface area contributed by atoms with Gasteiger partial charge >= 0.3 is 0 Å². The molecule has 0 amide bonds. The molecule has 0 unspecified atom stereocenters. The summed E-state index contributed by atoms with van der Waals surface area (Å²) in [5.74, 6) is 2.44. The first kappa shape index (κ1) is 16.7. The van der Waals surface area contributed by atoms with Crippen LogP contribution < -0.4 is 4.74 Å². The highest BCUT2D eigenvalue weighted by Gasteiger charge is 2.09. The number of hydrogen-bond acceptors (Lipinski definition) is 5. The van der Waals surface area contributed by atoms with Crippen molar-refractivity contribution in [3.05, 3.63) is 66.9 Å². The Morgan fingerprint density at radius 1 is 0.963 bits per heavy atom. The molecule has 4 rings (SSSR count). The predicted molar refractivity (Wildman–Crippen MR) is 105 cm³/mol. The average Bonchev–Trinajstić information content (AvgIpc) is 3.11. The monoisotopic (exact) mass is 358 g/mol. The molecular weight excluding hydrogens is 340 g/mol. The second kappa shape index (κ2) is 7.25. The Hall–Kier alpha value is -3.74. The topological polar surface area (TPSA) is 67.9 Å². The molecule has 0 radical (unpaired) electrons. The van der Waals surface area contributed by atoms with E-state index in [-0.39, 0.29) is 0 Å². The first-order valence-electron chi connectivity index (χ1n) is 8.45. The van der Waals surface area contributed by atoms with E-state index >= 15 is 0 Å². The van der Waals surface area contributed by atoms with Crippen LogP contribution in [-0.2, 0) is 0 Å². The van der Waals surface area contributed by atoms with Crippen LogP contribution in [0.1, 0.15) is 0 Å². The highest BCUT2D eigenvalue weighted by Crippen LogP contribution is 2.26. The molecule has 27 heavy (non-hydrogen) atoms. The van der Waals surface area contributed by atoms with E-state index in [0.717, 1.165) is 22.8 Å². The van der Waals surface area contributed by atoms with Crippen molar-refractivity contribution in [1.29, 1.82) is 0 Å². The molecule has 4 aromatic rings. The van der Waals surface area contributed by atoms with Crippen LogP contribution in [0.3, 0.4) is 0 Å². The van der Waals surface area contributed by atoms with Crippen molar-refractivity contribution in [3.8, 4) is 22.8 Å². The summed E-state index contributed by atoms with van der Waals surface area (Å²) < 4.78 is 7.53. The minimum Gasteiger partial charge on any atom is -0.457 e. The lowest BCUT2D eigenvalue weighted by Gasteiger charge is -2.07. The lowest BCUT2D eigenvalue weighted by molar-refractivity contribution is 0.483. The molecule has 2 aromatic heterocycles. The number of aromatic nitrogens is 4. The number of nitrogens with zero attached hydrogens (tertiary/aromatic N) is 6. The fourth-order valence-electron chi connectivity index (χ4n) is 2.54. The van der Waals surface area contributed by atoms with Gasteiger partial charge in [-0.05, 0) is 42.5 Å². The van der Waals surface area contributed by atoms with Crippen LogP contribution in [0, 0.1) is 0 Å². The molecule has 2 heterocycles. The Labute approximate surface area is 156 Å². The Kier molecular flexibility index (Phi) is 4.49. The molecule has 134 valence electrons. The lowest BCUT2D eigenvalue weighted by atomic mass is 10.1. The minimum atomic E-state index is 0.368. The van der Waals surface area contributed by atoms with Gasteiger partial charge in [0.15, 0.2) is 0 Å². The van der Waals surface area contributed by atoms with E-state index in [9.17, 15) is 0 Å². The van der Waals surface area contributed by atoms with Gasteiger partial charge in [-0.15, -0.1) is 5.10 Å². The zero-order chi connectivity index (χ0) is 18.6. The molecule has 0 bridgehead atoms. The van der Waals surface area contributed by atoms with E-state index in [0.29, 0.717) is 11.7 Å². The molecule has 7 heteroatoms. The largest absolute Gasteiger partial charge is 0.457 e. The van der Waals surface area contributed by atoms with Gasteiger partial charge in [0, 0.05) is 25.9 Å². The van der Waals surface area contributed by atoms with Gasteiger partial charge < -0.3 is 9.64 Å². The van der Waals surface area contributed by atoms with Gasteiger partial charge in [-0.25, -0.2) is 9.98 Å². The first-order chi connectivity index (χ1) is 13.2. The quantitative estimate of drug-likeness (QED) is 0.401. The van der Waals surface area contributed by atoms with E-state index in [2.05, 4.69) is 20.1 Å². The number of rotatable bonds is 5. The van der Waals surface area contributed by atoms with Gasteiger partial charge in [0.2, 0.25) is 0 Å². The van der Waals surface area contributed by atoms with Crippen molar-refractivity contribution >= 4 is 18.1 Å². The Morgan fingerprint density at radius 3 is 2.44 bits per heavy atom. The maximum atomic E-state index is 5.84. The zero-order valence-corrected chi connectivity index (χ0v) is 15.0. The number of ether oxygens (including phenoxy) is 1. The van der Waals surface area contributed by atoms with Gasteiger partial charge in [-0.2, -0.15) is 9.50 Å². The average molecular weight is 358 g/mol. The summed E-state index contributed by atoms with van der Waals surface area (Å²) in [6.45, 7) is 0. The lowest BCUT2D eigenvalue weighted by Crippen LogP contribution is -2.07. The van der Waals surface area contributed by atoms with E-state index in [1.165, 1.54) is 0 Å². The Balaban J connectivity index is 1.63.